The second kappa shape index (κ2) is 6.24. The Balaban J connectivity index is 1.79. The first-order chi connectivity index (χ1) is 12.6. The number of furan rings is 1. The largest absolute Gasteiger partial charge is 0.456 e. The number of halogens is 2. The van der Waals surface area contributed by atoms with Gasteiger partial charge in [-0.15, -0.1) is 0 Å². The average Bonchev–Trinajstić information content (AvgIpc) is 2.90. The zero-order valence-electron chi connectivity index (χ0n) is 14.5. The fourth-order valence-electron chi connectivity index (χ4n) is 4.02. The van der Waals surface area contributed by atoms with E-state index >= 15 is 0 Å². The Morgan fingerprint density at radius 2 is 1.54 bits per heavy atom. The molecule has 1 fully saturated rings. The fourth-order valence-corrected chi connectivity index (χ4v) is 4.75. The molecule has 1 nitrogen and oxygen atoms in total. The lowest BCUT2D eigenvalue weighted by Gasteiger charge is -2.28. The van der Waals surface area contributed by atoms with Crippen molar-refractivity contribution < 1.29 is 4.42 Å². The van der Waals surface area contributed by atoms with E-state index in [2.05, 4.69) is 75.2 Å². The molecule has 1 aliphatic carbocycles. The van der Waals surface area contributed by atoms with Crippen molar-refractivity contribution in [2.45, 2.75) is 32.1 Å². The standard InChI is InChI=1S/C23H18Br2O/c1-13-9-23-21(20-11-16(25)6-8-22(20)26-23)12-18(13)19-10-15(24)5-7-17(19)14-3-2-4-14/h5-12,14H,2-4H2,1H3. The molecule has 0 atom stereocenters. The zero-order chi connectivity index (χ0) is 17.8. The summed E-state index contributed by atoms with van der Waals surface area (Å²) < 4.78 is 8.29. The molecule has 1 aromatic heterocycles. The number of benzene rings is 3. The molecule has 4 aromatic rings. The van der Waals surface area contributed by atoms with Crippen molar-refractivity contribution in [3.05, 3.63) is 68.6 Å². The number of fused-ring (bicyclic) bond motifs is 3. The fraction of sp³-hybridized carbons (Fsp3) is 0.217. The molecule has 0 radical (unpaired) electrons. The maximum Gasteiger partial charge on any atom is 0.135 e. The molecule has 130 valence electrons. The Bertz CT molecular complexity index is 1150. The Kier molecular flexibility index (Phi) is 3.98. The third kappa shape index (κ3) is 2.64. The van der Waals surface area contributed by atoms with Gasteiger partial charge in [-0.3, -0.25) is 0 Å². The van der Waals surface area contributed by atoms with Gasteiger partial charge in [0.15, 0.2) is 0 Å². The van der Waals surface area contributed by atoms with Gasteiger partial charge in [-0.05, 0) is 90.4 Å². The summed E-state index contributed by atoms with van der Waals surface area (Å²) in [7, 11) is 0. The van der Waals surface area contributed by atoms with Gasteiger partial charge >= 0.3 is 0 Å². The van der Waals surface area contributed by atoms with Gasteiger partial charge in [0.1, 0.15) is 11.2 Å². The molecular weight excluding hydrogens is 452 g/mol. The van der Waals surface area contributed by atoms with Crippen molar-refractivity contribution in [3.63, 3.8) is 0 Å². The minimum atomic E-state index is 0.698. The van der Waals surface area contributed by atoms with E-state index in [4.69, 9.17) is 4.42 Å². The highest BCUT2D eigenvalue weighted by molar-refractivity contribution is 9.10. The lowest BCUT2D eigenvalue weighted by molar-refractivity contribution is 0.420. The van der Waals surface area contributed by atoms with Crippen LogP contribution in [0.15, 0.2) is 61.9 Å². The number of rotatable bonds is 2. The van der Waals surface area contributed by atoms with Crippen LogP contribution in [0.25, 0.3) is 33.1 Å². The van der Waals surface area contributed by atoms with Crippen LogP contribution in [0.3, 0.4) is 0 Å². The topological polar surface area (TPSA) is 13.1 Å². The second-order valence-corrected chi connectivity index (χ2v) is 9.10. The van der Waals surface area contributed by atoms with Gasteiger partial charge in [0.2, 0.25) is 0 Å². The van der Waals surface area contributed by atoms with Gasteiger partial charge in [0.05, 0.1) is 0 Å². The van der Waals surface area contributed by atoms with E-state index in [1.165, 1.54) is 46.9 Å². The molecule has 3 heteroatoms. The van der Waals surface area contributed by atoms with Crippen LogP contribution < -0.4 is 0 Å². The molecule has 0 N–H and O–H groups in total. The van der Waals surface area contributed by atoms with E-state index in [1.807, 2.05) is 12.1 Å². The van der Waals surface area contributed by atoms with E-state index in [1.54, 1.807) is 0 Å². The van der Waals surface area contributed by atoms with E-state index in [0.717, 1.165) is 25.5 Å². The quantitative estimate of drug-likeness (QED) is 0.287. The highest BCUT2D eigenvalue weighted by atomic mass is 79.9. The third-order valence-corrected chi connectivity index (χ3v) is 6.62. The molecule has 1 saturated carbocycles. The molecule has 0 saturated heterocycles. The monoisotopic (exact) mass is 468 g/mol. The van der Waals surface area contributed by atoms with Crippen molar-refractivity contribution in [2.24, 2.45) is 0 Å². The summed E-state index contributed by atoms with van der Waals surface area (Å²) in [4.78, 5) is 0. The summed E-state index contributed by atoms with van der Waals surface area (Å²) in [5.41, 5.74) is 7.30. The molecule has 3 aromatic carbocycles. The maximum absolute atomic E-state index is 6.08. The molecule has 1 aliphatic rings. The summed E-state index contributed by atoms with van der Waals surface area (Å²) in [6, 6.07) is 17.5. The van der Waals surface area contributed by atoms with Crippen molar-refractivity contribution in [1.29, 1.82) is 0 Å². The molecule has 1 heterocycles. The van der Waals surface area contributed by atoms with Crippen LogP contribution in [0.1, 0.15) is 36.3 Å². The van der Waals surface area contributed by atoms with Gasteiger partial charge in [0.25, 0.3) is 0 Å². The summed E-state index contributed by atoms with van der Waals surface area (Å²) >= 11 is 7.26. The Labute approximate surface area is 169 Å². The maximum atomic E-state index is 6.08. The van der Waals surface area contributed by atoms with Gasteiger partial charge in [0, 0.05) is 19.7 Å². The van der Waals surface area contributed by atoms with Gasteiger partial charge in [-0.25, -0.2) is 0 Å². The van der Waals surface area contributed by atoms with Gasteiger partial charge in [-0.2, -0.15) is 0 Å². The zero-order valence-corrected chi connectivity index (χ0v) is 17.7. The van der Waals surface area contributed by atoms with Crippen LogP contribution in [0.4, 0.5) is 0 Å². The predicted octanol–water partition coefficient (Wildman–Crippen LogP) is 8.35. The lowest BCUT2D eigenvalue weighted by Crippen LogP contribution is -2.10. The Morgan fingerprint density at radius 3 is 2.31 bits per heavy atom. The molecule has 5 rings (SSSR count). The summed E-state index contributed by atoms with van der Waals surface area (Å²) in [6.07, 6.45) is 3.95. The molecule has 0 aliphatic heterocycles. The van der Waals surface area contributed by atoms with Crippen LogP contribution in [0.2, 0.25) is 0 Å². The predicted molar refractivity (Wildman–Crippen MR) is 116 cm³/mol. The molecule has 0 spiro atoms. The van der Waals surface area contributed by atoms with E-state index in [-0.39, 0.29) is 0 Å². The number of hydrogen-bond acceptors (Lipinski definition) is 1. The van der Waals surface area contributed by atoms with E-state index < -0.39 is 0 Å². The van der Waals surface area contributed by atoms with Crippen LogP contribution >= 0.6 is 31.9 Å². The number of aryl methyl sites for hydroxylation is 1. The highest BCUT2D eigenvalue weighted by Crippen LogP contribution is 2.44. The normalized spacial score (nSPS) is 14.9. The van der Waals surface area contributed by atoms with Crippen molar-refractivity contribution >= 4 is 53.8 Å². The Morgan fingerprint density at radius 1 is 0.808 bits per heavy atom. The summed E-state index contributed by atoms with van der Waals surface area (Å²) in [5, 5.41) is 2.34. The molecular formula is C23H18Br2O. The first-order valence-corrected chi connectivity index (χ1v) is 10.6. The third-order valence-electron chi connectivity index (χ3n) is 5.63. The van der Waals surface area contributed by atoms with E-state index in [9.17, 15) is 0 Å². The minimum absolute atomic E-state index is 0.698. The molecule has 0 unspecified atom stereocenters. The minimum Gasteiger partial charge on any atom is -0.456 e. The van der Waals surface area contributed by atoms with Gasteiger partial charge < -0.3 is 4.42 Å². The van der Waals surface area contributed by atoms with Crippen LogP contribution in [0, 0.1) is 6.92 Å². The first kappa shape index (κ1) is 16.6. The number of hydrogen-bond donors (Lipinski definition) is 0. The van der Waals surface area contributed by atoms with Crippen molar-refractivity contribution in [1.82, 2.24) is 0 Å². The van der Waals surface area contributed by atoms with Gasteiger partial charge in [-0.1, -0.05) is 44.3 Å². The molecule has 0 bridgehead atoms. The molecule has 0 amide bonds. The lowest BCUT2D eigenvalue weighted by atomic mass is 9.77. The van der Waals surface area contributed by atoms with Crippen LogP contribution in [-0.4, -0.2) is 0 Å². The first-order valence-electron chi connectivity index (χ1n) is 9.02. The SMILES string of the molecule is Cc1cc2oc3ccc(Br)cc3c2cc1-c1cc(Br)ccc1C1CCC1. The highest BCUT2D eigenvalue weighted by Gasteiger charge is 2.23. The summed E-state index contributed by atoms with van der Waals surface area (Å²) in [5.74, 6) is 0.698. The van der Waals surface area contributed by atoms with Crippen LogP contribution in [-0.2, 0) is 0 Å². The van der Waals surface area contributed by atoms with Crippen LogP contribution in [0.5, 0.6) is 0 Å². The smallest absolute Gasteiger partial charge is 0.135 e. The summed E-state index contributed by atoms with van der Waals surface area (Å²) in [6.45, 7) is 2.18. The van der Waals surface area contributed by atoms with Crippen molar-refractivity contribution in [3.8, 4) is 11.1 Å². The Hall–Kier alpha value is -1.58. The second-order valence-electron chi connectivity index (χ2n) is 7.27. The van der Waals surface area contributed by atoms with E-state index in [0.29, 0.717) is 5.92 Å². The average molecular weight is 470 g/mol. The van der Waals surface area contributed by atoms with Crippen molar-refractivity contribution in [2.75, 3.05) is 0 Å². The molecule has 26 heavy (non-hydrogen) atoms.